The summed E-state index contributed by atoms with van der Waals surface area (Å²) in [5.41, 5.74) is 24.1. The highest BCUT2D eigenvalue weighted by Gasteiger charge is 2.65. The maximum Gasteiger partial charge on any atom is 0.351 e. The maximum absolute atomic E-state index is 12.4. The Labute approximate surface area is 898 Å². The molecule has 1 unspecified atom stereocenters. The fourth-order valence-electron chi connectivity index (χ4n) is 13.9. The number of aliphatic hydroxyl groups excluding tert-OH is 2. The normalized spacial score (nSPS) is 29.4. The second-order valence-electron chi connectivity index (χ2n) is 33.4. The molecule has 8 aliphatic heterocycles. The molecule has 14 N–H and O–H groups in total. The molecular weight excluding hydrogens is 2310 g/mol. The van der Waals surface area contributed by atoms with Gasteiger partial charge in [-0.05, 0) is 197 Å². The predicted octanol–water partition coefficient (Wildman–Crippen LogP) is 10.9. The smallest absolute Gasteiger partial charge is 0.351 e. The first-order valence-electron chi connectivity index (χ1n) is 43.1. The number of benzene rings is 2. The molecular formula is C78H102Cl10N17O29P5S5. The van der Waals surface area contributed by atoms with E-state index in [1.165, 1.54) is 61.3 Å². The van der Waals surface area contributed by atoms with E-state index in [1.54, 1.807) is 102 Å². The molecule has 5 aromatic heterocycles. The fourth-order valence-corrected chi connectivity index (χ4v) is 30.1. The van der Waals surface area contributed by atoms with Crippen LogP contribution in [0.2, 0.25) is 0 Å². The van der Waals surface area contributed by atoms with Crippen molar-refractivity contribution in [3.8, 4) is 11.5 Å². The van der Waals surface area contributed by atoms with Crippen molar-refractivity contribution in [2.45, 2.75) is 240 Å². The molecule has 0 spiro atoms. The Morgan fingerprint density at radius 3 is 0.861 bits per heavy atom. The topological polar surface area (TPSA) is 588 Å². The Bertz CT molecular complexity index is 5790. The van der Waals surface area contributed by atoms with Crippen LogP contribution in [0.4, 0.5) is 29.1 Å². The number of nitrogen functional groups attached to an aromatic ring is 5. The summed E-state index contributed by atoms with van der Waals surface area (Å²) in [7, 11) is 0. The van der Waals surface area contributed by atoms with Crippen molar-refractivity contribution in [2.24, 2.45) is 0 Å². The summed E-state index contributed by atoms with van der Waals surface area (Å²) < 4.78 is 110. The first kappa shape index (κ1) is 120. The number of halogens is 10. The zero-order valence-electron chi connectivity index (χ0n) is 77.6. The monoisotopic (exact) mass is 2410 g/mol. The van der Waals surface area contributed by atoms with Crippen LogP contribution in [0.3, 0.4) is 0 Å². The minimum Gasteiger partial charge on any atom is -0.462 e. The lowest BCUT2D eigenvalue weighted by Gasteiger charge is -2.36. The van der Waals surface area contributed by atoms with E-state index < -0.39 is 200 Å². The Hall–Kier alpha value is -4.27. The second kappa shape index (κ2) is 49.4. The zero-order chi connectivity index (χ0) is 106. The van der Waals surface area contributed by atoms with Gasteiger partial charge in [0.1, 0.15) is 114 Å². The van der Waals surface area contributed by atoms with Gasteiger partial charge in [-0.1, -0.05) is 152 Å². The number of anilines is 5. The Morgan fingerprint density at radius 2 is 0.639 bits per heavy atom. The van der Waals surface area contributed by atoms with Crippen molar-refractivity contribution in [2.75, 3.05) is 61.7 Å². The van der Waals surface area contributed by atoms with Crippen molar-refractivity contribution >= 4 is 250 Å². The number of hydrogen-bond donors (Lipinski definition) is 9. The van der Waals surface area contributed by atoms with E-state index in [2.05, 4.69) is 35.1 Å². The number of fused-ring (bicyclic) bond motifs is 3. The van der Waals surface area contributed by atoms with E-state index >= 15 is 0 Å². The van der Waals surface area contributed by atoms with Crippen molar-refractivity contribution in [1.29, 1.82) is 0 Å². The van der Waals surface area contributed by atoms with Crippen LogP contribution in [0, 0.1) is 0 Å². The largest absolute Gasteiger partial charge is 0.462 e. The number of carbonyl (C=O) groups is 2. The fraction of sp³-hybridized carbons (Fsp3) is 0.564. The summed E-state index contributed by atoms with van der Waals surface area (Å²) in [6, 6.07) is 22.6. The molecule has 0 amide bonds. The van der Waals surface area contributed by atoms with Crippen LogP contribution in [0.15, 0.2) is 146 Å². The van der Waals surface area contributed by atoms with Crippen LogP contribution in [-0.4, -0.2) is 228 Å². The van der Waals surface area contributed by atoms with Crippen LogP contribution in [0.25, 0.3) is 0 Å². The number of nitrogens with zero attached hydrogens (tertiary/aromatic N) is 10. The molecule has 0 saturated carbocycles. The van der Waals surface area contributed by atoms with Crippen LogP contribution in [0.1, 0.15) is 114 Å². The van der Waals surface area contributed by atoms with E-state index in [0.29, 0.717) is 11.5 Å². The van der Waals surface area contributed by atoms with E-state index in [0.717, 1.165) is 22.8 Å². The summed E-state index contributed by atoms with van der Waals surface area (Å²) in [4.78, 5) is 104. The molecule has 7 aromatic rings. The highest BCUT2D eigenvalue weighted by Crippen LogP contribution is 2.66. The molecule has 15 rings (SSSR count). The van der Waals surface area contributed by atoms with Crippen molar-refractivity contribution < 1.29 is 112 Å². The summed E-state index contributed by atoms with van der Waals surface area (Å²) in [6.07, 6.45) is -9.49. The molecule has 8 aliphatic rings. The van der Waals surface area contributed by atoms with Gasteiger partial charge in [-0.15, -0.1) is 0 Å². The lowest BCUT2D eigenvalue weighted by Crippen LogP contribution is -2.43. The van der Waals surface area contributed by atoms with Gasteiger partial charge in [0.2, 0.25) is 0 Å². The molecule has 0 radical (unpaired) electrons. The molecule has 66 heteroatoms. The van der Waals surface area contributed by atoms with E-state index in [9.17, 15) is 43.8 Å². The SMILES string of the molecule is CC(C)OC(=O)[C@H](C)N[P@@](=S)(OC[C@H]1O[C@@H](n2ccc(N)nc2=O)C(Cl)(Cl)[C@@H]1O)Oc1ccccc1.CC(C)OC(=O)[C@H](C)N[P@](=S)(OC[C@H]1O[C@@H](n2ccc(N)nc2=O)C(Cl)(Cl)[C@@H]1O)Oc1ccccc1.CC(C)OP1(=S)OC[C@H]2O[C@@H](n3ccc(N)nc3=O)C(Cl)(Cl)[C@@H]2O1.CC(C)O[P@@]1(=S)OC[C@H]2O[C@@H](n3ccc(N)nc3=O)C(Cl)(Cl)[C@@H]2O1.CC(C)O[P@]1(=S)OC[C@H]2O[C@@H](n3ccc(N)nc3=O)C(Cl)(Cl)[C@@H]2O1. The maximum atomic E-state index is 12.4. The van der Waals surface area contributed by atoms with E-state index in [4.69, 9.17) is 296 Å². The number of para-hydroxylation sites is 2. The third-order valence-corrected chi connectivity index (χ3v) is 36.6. The van der Waals surface area contributed by atoms with Gasteiger partial charge >= 0.3 is 73.8 Å². The molecule has 144 heavy (non-hydrogen) atoms. The van der Waals surface area contributed by atoms with Crippen molar-refractivity contribution in [3.63, 3.8) is 0 Å². The first-order chi connectivity index (χ1) is 67.0. The molecule has 798 valence electrons. The molecule has 2 aromatic carbocycles. The van der Waals surface area contributed by atoms with Crippen LogP contribution < -0.4 is 76.3 Å². The van der Waals surface area contributed by atoms with Crippen LogP contribution in [-0.2, 0) is 152 Å². The Balaban J connectivity index is 0.000000174. The summed E-state index contributed by atoms with van der Waals surface area (Å²) in [5, 5.41) is 27.3. The number of rotatable bonds is 29. The van der Waals surface area contributed by atoms with Gasteiger partial charge in [-0.2, -0.15) is 24.9 Å². The van der Waals surface area contributed by atoms with Gasteiger partial charge in [0, 0.05) is 31.0 Å². The number of alkyl halides is 10. The number of ether oxygens (including phenoxy) is 7. The van der Waals surface area contributed by atoms with E-state index in [-0.39, 0.29) is 92.6 Å². The highest BCUT2D eigenvalue weighted by molar-refractivity contribution is 8.09. The quantitative estimate of drug-likeness (QED) is 0.0119. The van der Waals surface area contributed by atoms with Crippen LogP contribution >= 0.6 is 149 Å². The van der Waals surface area contributed by atoms with E-state index in [1.807, 2.05) is 41.5 Å². The number of aliphatic hydroxyl groups is 2. The van der Waals surface area contributed by atoms with Crippen molar-refractivity contribution in [1.82, 2.24) is 57.9 Å². The lowest BCUT2D eigenvalue weighted by atomic mass is 10.2. The molecule has 46 nitrogen and oxygen atoms in total. The Morgan fingerprint density at radius 1 is 0.403 bits per heavy atom. The number of hydrogen-bond acceptors (Lipinski definition) is 44. The highest BCUT2D eigenvalue weighted by atomic mass is 35.5. The van der Waals surface area contributed by atoms with Gasteiger partial charge in [-0.25, -0.2) is 34.1 Å². The van der Waals surface area contributed by atoms with Gasteiger partial charge in [0.05, 0.1) is 63.6 Å². The lowest BCUT2D eigenvalue weighted by molar-refractivity contribution is -0.149. The molecule has 0 aliphatic carbocycles. The van der Waals surface area contributed by atoms with Gasteiger partial charge in [0.25, 0.3) is 0 Å². The minimum atomic E-state index is -3.42. The first-order valence-corrected chi connectivity index (χ1v) is 59.8. The van der Waals surface area contributed by atoms with Gasteiger partial charge in [0.15, 0.2) is 52.8 Å². The second-order valence-corrected chi connectivity index (χ2v) is 55.7. The predicted molar refractivity (Wildman–Crippen MR) is 555 cm³/mol. The molecule has 13 heterocycles. The molecule has 0 bridgehead atoms. The molecule has 8 fully saturated rings. The minimum absolute atomic E-state index is 0.000590. The Kier molecular flexibility index (Phi) is 41.2. The van der Waals surface area contributed by atoms with Gasteiger partial charge < -0.3 is 117 Å². The molecule has 8 saturated heterocycles. The number of nitrogens with one attached hydrogen (secondary N) is 2. The summed E-state index contributed by atoms with van der Waals surface area (Å²) in [6.45, 7) is 4.71. The average molecular weight is 2410 g/mol. The van der Waals surface area contributed by atoms with Crippen molar-refractivity contribution in [3.05, 3.63) is 174 Å². The number of nitrogens with two attached hydrogens (primary N) is 5. The zero-order valence-corrected chi connectivity index (χ0v) is 93.7. The third kappa shape index (κ3) is 30.0. The van der Waals surface area contributed by atoms with Gasteiger partial charge in [-0.3, -0.25) is 46.0 Å². The third-order valence-electron chi connectivity index (χ3n) is 20.1. The summed E-state index contributed by atoms with van der Waals surface area (Å²) in [5.74, 6) is -0.0526. The molecule has 22 atom stereocenters. The van der Waals surface area contributed by atoms with Crippen LogP contribution in [0.5, 0.6) is 11.5 Å². The average Bonchev–Trinajstić information content (AvgIpc) is 1.59. The number of carbonyl (C=O) groups excluding carboxylic acids is 2. The standard InChI is InChI=1S/2C21H27Cl2N4O7PS.3C12H16Cl2N3O5PS/c2*1-12(2)32-18(29)13(3)26-35(36,34-14-7-5-4-6-8-14)31-11-15-17(28)21(22,23)19(33-15)27-10-9-16(24)25-20(27)30;3*1-6(2)21-23(24)19-5-7-9(22-23)12(13,14)10(20-7)17-4-3-8(15)16-11(17)18/h2*4-10,12-13,15,17,19,28H,11H2,1-3H3,(H,26,36)(H2,24,25,30);3*3-4,6-7,9-10H,5H2,1-2H3,(H2,15,16,18)/t13-,15+,17+,19+,35+;13-,15+,17+,19+,35-;7-,9-,10-,23?;7-,9-,10-,23+;7-,9-,10-,23-/m00111/s1. The number of esters is 2. The summed E-state index contributed by atoms with van der Waals surface area (Å²) >= 11 is 91.6. The number of aromatic nitrogens is 10.